The fourth-order valence-corrected chi connectivity index (χ4v) is 1.86. The molecule has 0 aliphatic heterocycles. The Labute approximate surface area is 140 Å². The minimum atomic E-state index is -0.412. The van der Waals surface area contributed by atoms with Gasteiger partial charge in [-0.2, -0.15) is 0 Å². The van der Waals surface area contributed by atoms with Crippen molar-refractivity contribution in [1.29, 1.82) is 0 Å². The number of hydrogen-bond acceptors (Lipinski definition) is 5. The van der Waals surface area contributed by atoms with E-state index in [1.165, 1.54) is 0 Å². The predicted octanol–water partition coefficient (Wildman–Crippen LogP) is 2.41. The number of carbonyl (C=O) groups is 2. The first-order chi connectivity index (χ1) is 11.1. The first kappa shape index (κ1) is 18.6. The Morgan fingerprint density at radius 1 is 1.30 bits per heavy atom. The molecule has 0 saturated carbocycles. The lowest BCUT2D eigenvalue weighted by molar-refractivity contribution is -0.144. The average Bonchev–Trinajstić information content (AvgIpc) is 2.52. The first-order valence-corrected chi connectivity index (χ1v) is 7.56. The van der Waals surface area contributed by atoms with Crippen LogP contribution >= 0.6 is 12.2 Å². The van der Waals surface area contributed by atoms with E-state index < -0.39 is 5.97 Å². The van der Waals surface area contributed by atoms with Crippen LogP contribution in [0.2, 0.25) is 0 Å². The van der Waals surface area contributed by atoms with E-state index in [0.717, 1.165) is 0 Å². The molecular formula is C16H20N2O4S. The molecule has 0 aromatic heterocycles. The summed E-state index contributed by atoms with van der Waals surface area (Å²) in [7, 11) is 0. The van der Waals surface area contributed by atoms with Crippen LogP contribution in [0.4, 0.5) is 5.69 Å². The topological polar surface area (TPSA) is 76.7 Å². The van der Waals surface area contributed by atoms with Crippen molar-refractivity contribution in [2.45, 2.75) is 19.8 Å². The average molecular weight is 336 g/mol. The van der Waals surface area contributed by atoms with Gasteiger partial charge in [0.05, 0.1) is 18.7 Å². The fraction of sp³-hybridized carbons (Fsp3) is 0.312. The van der Waals surface area contributed by atoms with E-state index in [2.05, 4.69) is 17.2 Å². The molecule has 1 aromatic carbocycles. The number of nitrogens with one attached hydrogen (secondary N) is 2. The van der Waals surface area contributed by atoms with Gasteiger partial charge in [-0.15, -0.1) is 0 Å². The molecule has 7 heteroatoms. The van der Waals surface area contributed by atoms with Crippen LogP contribution in [0.5, 0.6) is 5.75 Å². The molecule has 6 nitrogen and oxygen atoms in total. The Balaban J connectivity index is 2.48. The van der Waals surface area contributed by atoms with E-state index >= 15 is 0 Å². The molecule has 0 aliphatic rings. The molecule has 2 N–H and O–H groups in total. The molecule has 0 fully saturated rings. The van der Waals surface area contributed by atoms with Crippen molar-refractivity contribution in [3.05, 3.63) is 36.9 Å². The minimum Gasteiger partial charge on any atom is -0.487 e. The Kier molecular flexibility index (Phi) is 8.38. The van der Waals surface area contributed by atoms with Crippen molar-refractivity contribution < 1.29 is 19.1 Å². The van der Waals surface area contributed by atoms with Crippen molar-refractivity contribution in [2.75, 3.05) is 18.5 Å². The molecule has 0 radical (unpaired) electrons. The largest absolute Gasteiger partial charge is 0.487 e. The fourth-order valence-electron chi connectivity index (χ4n) is 1.64. The summed E-state index contributed by atoms with van der Waals surface area (Å²) in [4.78, 5) is 22.9. The van der Waals surface area contributed by atoms with Gasteiger partial charge in [-0.3, -0.25) is 9.59 Å². The maximum absolute atomic E-state index is 11.7. The summed E-state index contributed by atoms with van der Waals surface area (Å²) in [5.74, 6) is -0.180. The third-order valence-corrected chi connectivity index (χ3v) is 2.81. The van der Waals surface area contributed by atoms with Gasteiger partial charge in [-0.05, 0) is 31.3 Å². The number of hydrogen-bond donors (Lipinski definition) is 2. The maximum Gasteiger partial charge on any atom is 0.306 e. The van der Waals surface area contributed by atoms with Crippen LogP contribution in [0, 0.1) is 0 Å². The van der Waals surface area contributed by atoms with Crippen molar-refractivity contribution >= 4 is 34.9 Å². The number of anilines is 1. The van der Waals surface area contributed by atoms with E-state index in [0.29, 0.717) is 24.7 Å². The van der Waals surface area contributed by atoms with Crippen molar-refractivity contribution in [3.63, 3.8) is 0 Å². The van der Waals surface area contributed by atoms with E-state index in [4.69, 9.17) is 21.7 Å². The molecular weight excluding hydrogens is 316 g/mol. The van der Waals surface area contributed by atoms with Gasteiger partial charge in [-0.1, -0.05) is 24.8 Å². The Hall–Kier alpha value is -2.41. The van der Waals surface area contributed by atoms with Crippen molar-refractivity contribution in [3.8, 4) is 5.75 Å². The molecule has 1 aromatic rings. The summed E-state index contributed by atoms with van der Waals surface area (Å²) < 4.78 is 10.2. The van der Waals surface area contributed by atoms with Gasteiger partial charge >= 0.3 is 5.97 Å². The zero-order valence-electron chi connectivity index (χ0n) is 13.0. The summed E-state index contributed by atoms with van der Waals surface area (Å²) in [5.41, 5.74) is 0.630. The second-order valence-electron chi connectivity index (χ2n) is 4.40. The maximum atomic E-state index is 11.7. The molecule has 124 valence electrons. The van der Waals surface area contributed by atoms with Gasteiger partial charge in [0, 0.05) is 6.42 Å². The summed E-state index contributed by atoms with van der Waals surface area (Å²) in [6.07, 6.45) is 1.66. The highest BCUT2D eigenvalue weighted by molar-refractivity contribution is 7.80. The molecule has 0 saturated heterocycles. The van der Waals surface area contributed by atoms with E-state index in [9.17, 15) is 9.59 Å². The van der Waals surface area contributed by atoms with Crippen LogP contribution in [-0.4, -0.2) is 30.2 Å². The zero-order valence-corrected chi connectivity index (χ0v) is 13.8. The number of thiocarbonyl (C=S) groups is 1. The van der Waals surface area contributed by atoms with Crippen LogP contribution in [0.15, 0.2) is 36.9 Å². The molecule has 0 atom stereocenters. The smallest absolute Gasteiger partial charge is 0.306 e. The second-order valence-corrected chi connectivity index (χ2v) is 4.81. The lowest BCUT2D eigenvalue weighted by Crippen LogP contribution is -2.34. The number of rotatable bonds is 8. The van der Waals surface area contributed by atoms with Gasteiger partial charge < -0.3 is 20.1 Å². The van der Waals surface area contributed by atoms with E-state index in [-0.39, 0.29) is 23.9 Å². The normalized spacial score (nSPS) is 9.61. The summed E-state index contributed by atoms with van der Waals surface area (Å²) in [6.45, 7) is 5.95. The lowest BCUT2D eigenvalue weighted by Gasteiger charge is -2.13. The van der Waals surface area contributed by atoms with Crippen LogP contribution in [0.1, 0.15) is 19.8 Å². The van der Waals surface area contributed by atoms with Crippen molar-refractivity contribution in [1.82, 2.24) is 5.32 Å². The molecule has 0 bridgehead atoms. The van der Waals surface area contributed by atoms with Crippen LogP contribution in [0.3, 0.4) is 0 Å². The summed E-state index contributed by atoms with van der Waals surface area (Å²) in [6, 6.07) is 7.19. The predicted molar refractivity (Wildman–Crippen MR) is 92.4 cm³/mol. The quantitative estimate of drug-likeness (QED) is 0.431. The monoisotopic (exact) mass is 336 g/mol. The highest BCUT2D eigenvalue weighted by Crippen LogP contribution is 2.23. The van der Waals surface area contributed by atoms with Crippen molar-refractivity contribution in [2.24, 2.45) is 0 Å². The van der Waals surface area contributed by atoms with Crippen LogP contribution in [0.25, 0.3) is 0 Å². The SMILES string of the molecule is C=CCOc1ccccc1NC(=S)NC(=O)CCC(=O)OCC. The molecule has 0 spiro atoms. The van der Waals surface area contributed by atoms with Gasteiger partial charge in [0.15, 0.2) is 5.11 Å². The number of esters is 1. The molecule has 1 rings (SSSR count). The molecule has 0 heterocycles. The van der Waals surface area contributed by atoms with Gasteiger partial charge in [-0.25, -0.2) is 0 Å². The zero-order chi connectivity index (χ0) is 17.1. The Bertz CT molecular complexity index is 575. The summed E-state index contributed by atoms with van der Waals surface area (Å²) >= 11 is 5.08. The van der Waals surface area contributed by atoms with Gasteiger partial charge in [0.25, 0.3) is 0 Å². The highest BCUT2D eigenvalue weighted by atomic mass is 32.1. The number of amides is 1. The van der Waals surface area contributed by atoms with Crippen LogP contribution in [-0.2, 0) is 14.3 Å². The third kappa shape index (κ3) is 7.42. The number of ether oxygens (including phenoxy) is 2. The van der Waals surface area contributed by atoms with E-state index in [1.54, 1.807) is 25.1 Å². The third-order valence-electron chi connectivity index (χ3n) is 2.61. The Morgan fingerprint density at radius 2 is 2.04 bits per heavy atom. The standard InChI is InChI=1S/C16H20N2O4S/c1-3-11-22-13-8-6-5-7-12(13)17-16(23)18-14(19)9-10-15(20)21-4-2/h3,5-8H,1,4,9-11H2,2H3,(H2,17,18,19,23). The van der Waals surface area contributed by atoms with E-state index in [1.807, 2.05) is 12.1 Å². The van der Waals surface area contributed by atoms with Gasteiger partial charge in [0.1, 0.15) is 12.4 Å². The summed E-state index contributed by atoms with van der Waals surface area (Å²) in [5, 5.41) is 5.53. The number of para-hydroxylation sites is 2. The highest BCUT2D eigenvalue weighted by Gasteiger charge is 2.10. The minimum absolute atomic E-state index is 0.00919. The molecule has 0 unspecified atom stereocenters. The first-order valence-electron chi connectivity index (χ1n) is 7.16. The van der Waals surface area contributed by atoms with Crippen LogP contribution < -0.4 is 15.4 Å². The van der Waals surface area contributed by atoms with Gasteiger partial charge in [0.2, 0.25) is 5.91 Å². The molecule has 23 heavy (non-hydrogen) atoms. The molecule has 1 amide bonds. The molecule has 0 aliphatic carbocycles. The number of carbonyl (C=O) groups excluding carboxylic acids is 2. The number of benzene rings is 1. The second kappa shape index (κ2) is 10.3. The Morgan fingerprint density at radius 3 is 2.74 bits per heavy atom. The lowest BCUT2D eigenvalue weighted by atomic mass is 10.3.